The number of rotatable bonds is 9. The maximum atomic E-state index is 5.59. The van der Waals surface area contributed by atoms with Crippen LogP contribution in [-0.2, 0) is 6.54 Å². The van der Waals surface area contributed by atoms with Gasteiger partial charge in [-0.2, -0.15) is 0 Å². The summed E-state index contributed by atoms with van der Waals surface area (Å²) in [5.74, 6) is 4.21. The molecule has 6 heteroatoms. The molecular formula is C21H27N5O. The standard InChI is InChI=1S/C21H27N5O/c1-2-17-27-20-8-4-3-7-19(20)18-22-9-6-12-25-13-15-26(16-14-25)21-23-10-5-11-24-21/h1,3-5,7-8,10-11,22H,6,9,12-18H2. The van der Waals surface area contributed by atoms with E-state index in [9.17, 15) is 0 Å². The molecule has 0 bridgehead atoms. The Kier molecular flexibility index (Phi) is 7.45. The van der Waals surface area contributed by atoms with Gasteiger partial charge in [0.15, 0.2) is 0 Å². The summed E-state index contributed by atoms with van der Waals surface area (Å²) in [6.07, 6.45) is 10.00. The lowest BCUT2D eigenvalue weighted by Gasteiger charge is -2.34. The number of piperazine rings is 1. The van der Waals surface area contributed by atoms with E-state index in [0.717, 1.165) is 69.5 Å². The van der Waals surface area contributed by atoms with Gasteiger partial charge in [-0.25, -0.2) is 9.97 Å². The second kappa shape index (κ2) is 10.5. The van der Waals surface area contributed by atoms with Gasteiger partial charge in [0.05, 0.1) is 0 Å². The first-order chi connectivity index (χ1) is 13.4. The summed E-state index contributed by atoms with van der Waals surface area (Å²) in [7, 11) is 0. The minimum atomic E-state index is 0.303. The zero-order valence-corrected chi connectivity index (χ0v) is 15.7. The molecule has 0 radical (unpaired) electrons. The van der Waals surface area contributed by atoms with E-state index in [1.54, 1.807) is 12.4 Å². The Hall–Kier alpha value is -2.62. The third kappa shape index (κ3) is 5.95. The van der Waals surface area contributed by atoms with Crippen molar-refractivity contribution in [3.05, 3.63) is 48.3 Å². The molecule has 2 aromatic rings. The Bertz CT molecular complexity index is 723. The minimum Gasteiger partial charge on any atom is -0.481 e. The molecule has 0 amide bonds. The van der Waals surface area contributed by atoms with E-state index in [1.165, 1.54) is 0 Å². The molecule has 0 unspecified atom stereocenters. The smallest absolute Gasteiger partial charge is 0.225 e. The highest BCUT2D eigenvalue weighted by Crippen LogP contribution is 2.17. The molecule has 0 spiro atoms. The van der Waals surface area contributed by atoms with Gasteiger partial charge in [-0.05, 0) is 31.6 Å². The first kappa shape index (κ1) is 19.2. The van der Waals surface area contributed by atoms with Crippen molar-refractivity contribution in [2.45, 2.75) is 13.0 Å². The molecule has 1 aromatic carbocycles. The third-order valence-corrected chi connectivity index (χ3v) is 4.63. The summed E-state index contributed by atoms with van der Waals surface area (Å²) in [5.41, 5.74) is 1.14. The van der Waals surface area contributed by atoms with Gasteiger partial charge in [-0.3, -0.25) is 4.90 Å². The topological polar surface area (TPSA) is 53.5 Å². The molecule has 1 aromatic heterocycles. The van der Waals surface area contributed by atoms with E-state index < -0.39 is 0 Å². The highest BCUT2D eigenvalue weighted by molar-refractivity contribution is 5.33. The molecule has 1 saturated heterocycles. The van der Waals surface area contributed by atoms with E-state index in [2.05, 4.69) is 37.1 Å². The molecule has 6 nitrogen and oxygen atoms in total. The van der Waals surface area contributed by atoms with Crippen LogP contribution in [-0.4, -0.2) is 60.7 Å². The fourth-order valence-electron chi connectivity index (χ4n) is 3.19. The lowest BCUT2D eigenvalue weighted by atomic mass is 10.2. The molecule has 1 aliphatic rings. The monoisotopic (exact) mass is 365 g/mol. The number of para-hydroxylation sites is 1. The van der Waals surface area contributed by atoms with Crippen LogP contribution in [0.5, 0.6) is 5.75 Å². The molecule has 2 heterocycles. The van der Waals surface area contributed by atoms with E-state index >= 15 is 0 Å². The fourth-order valence-corrected chi connectivity index (χ4v) is 3.19. The van der Waals surface area contributed by atoms with Crippen molar-refractivity contribution in [1.29, 1.82) is 0 Å². The van der Waals surface area contributed by atoms with Crippen LogP contribution in [0.15, 0.2) is 42.7 Å². The summed E-state index contributed by atoms with van der Waals surface area (Å²) in [6, 6.07) is 9.88. The number of terminal acetylenes is 1. The van der Waals surface area contributed by atoms with Crippen LogP contribution in [0.2, 0.25) is 0 Å². The van der Waals surface area contributed by atoms with Crippen LogP contribution in [0, 0.1) is 12.3 Å². The van der Waals surface area contributed by atoms with E-state index in [0.29, 0.717) is 6.61 Å². The first-order valence-corrected chi connectivity index (χ1v) is 9.46. The second-order valence-corrected chi connectivity index (χ2v) is 6.51. The maximum Gasteiger partial charge on any atom is 0.225 e. The third-order valence-electron chi connectivity index (χ3n) is 4.63. The zero-order chi connectivity index (χ0) is 18.7. The number of anilines is 1. The molecule has 1 fully saturated rings. The first-order valence-electron chi connectivity index (χ1n) is 9.46. The predicted molar refractivity (Wildman–Crippen MR) is 108 cm³/mol. The molecule has 0 saturated carbocycles. The van der Waals surface area contributed by atoms with Gasteiger partial charge in [0.1, 0.15) is 12.4 Å². The van der Waals surface area contributed by atoms with Crippen LogP contribution in [0.4, 0.5) is 5.95 Å². The Morgan fingerprint density at radius 3 is 2.63 bits per heavy atom. The Balaban J connectivity index is 1.32. The summed E-state index contributed by atoms with van der Waals surface area (Å²) < 4.78 is 5.59. The van der Waals surface area contributed by atoms with Crippen molar-refractivity contribution in [3.63, 3.8) is 0 Å². The second-order valence-electron chi connectivity index (χ2n) is 6.51. The van der Waals surface area contributed by atoms with Crippen LogP contribution >= 0.6 is 0 Å². The Morgan fingerprint density at radius 2 is 1.85 bits per heavy atom. The predicted octanol–water partition coefficient (Wildman–Crippen LogP) is 1.79. The molecule has 1 aliphatic heterocycles. The van der Waals surface area contributed by atoms with Crippen molar-refractivity contribution in [3.8, 4) is 18.1 Å². The number of aromatic nitrogens is 2. The molecule has 3 rings (SSSR count). The van der Waals surface area contributed by atoms with Crippen LogP contribution in [0.3, 0.4) is 0 Å². The quantitative estimate of drug-likeness (QED) is 0.540. The van der Waals surface area contributed by atoms with E-state index in [1.807, 2.05) is 24.3 Å². The molecule has 0 aliphatic carbocycles. The Labute approximate surface area is 161 Å². The van der Waals surface area contributed by atoms with Gasteiger partial charge >= 0.3 is 0 Å². The number of nitrogens with one attached hydrogen (secondary N) is 1. The number of hydrogen-bond acceptors (Lipinski definition) is 6. The van der Waals surface area contributed by atoms with Gasteiger partial charge in [-0.1, -0.05) is 24.1 Å². The van der Waals surface area contributed by atoms with Gasteiger partial charge in [0, 0.05) is 50.7 Å². The molecular weight excluding hydrogens is 338 g/mol. The van der Waals surface area contributed by atoms with Gasteiger partial charge in [0.2, 0.25) is 5.95 Å². The maximum absolute atomic E-state index is 5.59. The van der Waals surface area contributed by atoms with Crippen LogP contribution < -0.4 is 15.0 Å². The lowest BCUT2D eigenvalue weighted by Crippen LogP contribution is -2.47. The van der Waals surface area contributed by atoms with Gasteiger partial charge < -0.3 is 15.0 Å². The van der Waals surface area contributed by atoms with Gasteiger partial charge in [0.25, 0.3) is 0 Å². The highest BCUT2D eigenvalue weighted by atomic mass is 16.5. The largest absolute Gasteiger partial charge is 0.481 e. The average molecular weight is 365 g/mol. The van der Waals surface area contributed by atoms with Crippen molar-refractivity contribution in [2.24, 2.45) is 0 Å². The van der Waals surface area contributed by atoms with Crippen LogP contribution in [0.1, 0.15) is 12.0 Å². The van der Waals surface area contributed by atoms with Crippen molar-refractivity contribution < 1.29 is 4.74 Å². The van der Waals surface area contributed by atoms with Crippen LogP contribution in [0.25, 0.3) is 0 Å². The Morgan fingerprint density at radius 1 is 1.07 bits per heavy atom. The molecule has 1 N–H and O–H groups in total. The summed E-state index contributed by atoms with van der Waals surface area (Å²) >= 11 is 0. The average Bonchev–Trinajstić information content (AvgIpc) is 2.74. The molecule has 142 valence electrons. The van der Waals surface area contributed by atoms with Crippen molar-refractivity contribution in [2.75, 3.05) is 50.8 Å². The summed E-state index contributed by atoms with van der Waals surface area (Å²) in [5, 5.41) is 3.50. The molecule has 0 atom stereocenters. The highest BCUT2D eigenvalue weighted by Gasteiger charge is 2.18. The van der Waals surface area contributed by atoms with Crippen molar-refractivity contribution in [1.82, 2.24) is 20.2 Å². The van der Waals surface area contributed by atoms with Gasteiger partial charge in [-0.15, -0.1) is 6.42 Å². The normalized spacial score (nSPS) is 14.7. The van der Waals surface area contributed by atoms with Crippen molar-refractivity contribution >= 4 is 5.95 Å². The lowest BCUT2D eigenvalue weighted by molar-refractivity contribution is 0.252. The summed E-state index contributed by atoms with van der Waals surface area (Å²) in [6.45, 7) is 7.25. The zero-order valence-electron chi connectivity index (χ0n) is 15.7. The minimum absolute atomic E-state index is 0.303. The fraction of sp³-hybridized carbons (Fsp3) is 0.429. The van der Waals surface area contributed by atoms with E-state index in [-0.39, 0.29) is 0 Å². The molecule has 27 heavy (non-hydrogen) atoms. The number of benzene rings is 1. The summed E-state index contributed by atoms with van der Waals surface area (Å²) in [4.78, 5) is 13.4. The number of nitrogens with zero attached hydrogens (tertiary/aromatic N) is 4. The SMILES string of the molecule is C#CCOc1ccccc1CNCCCN1CCN(c2ncccn2)CC1. The number of ether oxygens (including phenoxy) is 1. The number of hydrogen-bond donors (Lipinski definition) is 1. The van der Waals surface area contributed by atoms with E-state index in [4.69, 9.17) is 11.2 Å².